The summed E-state index contributed by atoms with van der Waals surface area (Å²) in [5.41, 5.74) is 0.315. The van der Waals surface area contributed by atoms with Crippen molar-refractivity contribution in [3.05, 3.63) is 29.8 Å². The Labute approximate surface area is 196 Å². The minimum atomic E-state index is -0.892. The van der Waals surface area contributed by atoms with E-state index in [9.17, 15) is 14.4 Å². The first-order valence-electron chi connectivity index (χ1n) is 11.8. The van der Waals surface area contributed by atoms with Gasteiger partial charge in [0.05, 0.1) is 17.8 Å². The van der Waals surface area contributed by atoms with Gasteiger partial charge in [0.1, 0.15) is 5.75 Å². The second kappa shape index (κ2) is 11.0. The second-order valence-corrected chi connectivity index (χ2v) is 9.29. The lowest BCUT2D eigenvalue weighted by Crippen LogP contribution is -2.51. The quantitative estimate of drug-likeness (QED) is 0.607. The van der Waals surface area contributed by atoms with Crippen LogP contribution >= 0.6 is 0 Å². The molecule has 8 heteroatoms. The van der Waals surface area contributed by atoms with Crippen molar-refractivity contribution in [2.24, 2.45) is 0 Å². The number of nitrogens with zero attached hydrogens (tertiary/aromatic N) is 2. The van der Waals surface area contributed by atoms with Crippen LogP contribution in [0.2, 0.25) is 0 Å². The third-order valence-electron chi connectivity index (χ3n) is 6.30. The van der Waals surface area contributed by atoms with E-state index in [0.717, 1.165) is 19.3 Å². The third kappa shape index (κ3) is 6.47. The van der Waals surface area contributed by atoms with Crippen LogP contribution in [0.5, 0.6) is 5.75 Å². The maximum absolute atomic E-state index is 12.7. The number of carbonyl (C=O) groups excluding carboxylic acids is 3. The van der Waals surface area contributed by atoms with Gasteiger partial charge in [0, 0.05) is 25.2 Å². The van der Waals surface area contributed by atoms with Crippen molar-refractivity contribution in [3.8, 4) is 5.75 Å². The van der Waals surface area contributed by atoms with Crippen molar-refractivity contribution in [1.29, 1.82) is 0 Å². The van der Waals surface area contributed by atoms with Crippen LogP contribution in [-0.4, -0.2) is 77.7 Å². The number of esters is 1. The zero-order valence-electron chi connectivity index (χ0n) is 20.3. The molecule has 2 fully saturated rings. The Kier molecular flexibility index (Phi) is 8.35. The molecule has 5 unspecified atom stereocenters. The van der Waals surface area contributed by atoms with E-state index in [1.54, 1.807) is 36.1 Å². The number of likely N-dealkylation sites (tertiary alicyclic amines) is 1. The SMILES string of the molecule is CC1CN(C(=O)C(C)OC(=O)c2ccc(OCC(=O)N3C(C)CCCC3C)cc2)CC(C)O1. The standard InChI is InChI=1S/C25H36N2O6/c1-16-7-6-8-17(2)27(16)23(28)15-31-22-11-9-21(10-12-22)25(30)33-20(5)24(29)26-13-18(3)32-19(4)14-26/h9-12,16-20H,6-8,13-15H2,1-5H3. The summed E-state index contributed by atoms with van der Waals surface area (Å²) in [6.45, 7) is 10.5. The van der Waals surface area contributed by atoms with E-state index in [1.165, 1.54) is 0 Å². The molecule has 5 atom stereocenters. The predicted molar refractivity (Wildman–Crippen MR) is 123 cm³/mol. The van der Waals surface area contributed by atoms with E-state index in [1.807, 2.05) is 18.7 Å². The Morgan fingerprint density at radius 1 is 1.00 bits per heavy atom. The first kappa shape index (κ1) is 25.0. The van der Waals surface area contributed by atoms with E-state index in [0.29, 0.717) is 24.4 Å². The zero-order chi connectivity index (χ0) is 24.1. The number of piperidine rings is 1. The number of amides is 2. The molecule has 33 heavy (non-hydrogen) atoms. The largest absolute Gasteiger partial charge is 0.484 e. The normalized spacial score (nSPS) is 26.5. The van der Waals surface area contributed by atoms with E-state index >= 15 is 0 Å². The number of rotatable bonds is 6. The first-order chi connectivity index (χ1) is 15.7. The van der Waals surface area contributed by atoms with E-state index in [2.05, 4.69) is 13.8 Å². The minimum absolute atomic E-state index is 0.0303. The van der Waals surface area contributed by atoms with Gasteiger partial charge in [-0.2, -0.15) is 0 Å². The number of ether oxygens (including phenoxy) is 3. The highest BCUT2D eigenvalue weighted by atomic mass is 16.5. The molecule has 3 rings (SSSR count). The number of benzene rings is 1. The molecule has 0 N–H and O–H groups in total. The number of hydrogen-bond donors (Lipinski definition) is 0. The van der Waals surface area contributed by atoms with Gasteiger partial charge in [-0.15, -0.1) is 0 Å². The van der Waals surface area contributed by atoms with Crippen LogP contribution < -0.4 is 4.74 Å². The van der Waals surface area contributed by atoms with Crippen LogP contribution in [-0.2, 0) is 19.1 Å². The lowest BCUT2D eigenvalue weighted by atomic mass is 9.97. The van der Waals surface area contributed by atoms with Gasteiger partial charge in [0.25, 0.3) is 11.8 Å². The number of morpholine rings is 1. The molecule has 0 saturated carbocycles. The fourth-order valence-corrected chi connectivity index (χ4v) is 4.71. The zero-order valence-corrected chi connectivity index (χ0v) is 20.3. The van der Waals surface area contributed by atoms with Crippen LogP contribution in [0.4, 0.5) is 0 Å². The lowest BCUT2D eigenvalue weighted by Gasteiger charge is -2.38. The molecule has 8 nitrogen and oxygen atoms in total. The Morgan fingerprint density at radius 3 is 2.15 bits per heavy atom. The van der Waals surface area contributed by atoms with E-state index in [-0.39, 0.29) is 42.7 Å². The number of hydrogen-bond acceptors (Lipinski definition) is 6. The molecular weight excluding hydrogens is 424 g/mol. The maximum Gasteiger partial charge on any atom is 0.338 e. The molecule has 0 aromatic heterocycles. The van der Waals surface area contributed by atoms with Crippen molar-refractivity contribution in [1.82, 2.24) is 9.80 Å². The Morgan fingerprint density at radius 2 is 1.58 bits per heavy atom. The molecule has 0 radical (unpaired) electrons. The highest BCUT2D eigenvalue weighted by molar-refractivity contribution is 5.92. The lowest BCUT2D eigenvalue weighted by molar-refractivity contribution is -0.151. The summed E-state index contributed by atoms with van der Waals surface area (Å²) in [7, 11) is 0. The summed E-state index contributed by atoms with van der Waals surface area (Å²) in [5.74, 6) is -0.344. The van der Waals surface area contributed by atoms with Crippen molar-refractivity contribution < 1.29 is 28.6 Å². The Balaban J connectivity index is 1.50. The predicted octanol–water partition coefficient (Wildman–Crippen LogP) is 3.04. The van der Waals surface area contributed by atoms with Gasteiger partial charge in [-0.05, 0) is 78.1 Å². The Bertz CT molecular complexity index is 822. The van der Waals surface area contributed by atoms with Crippen molar-refractivity contribution in [3.63, 3.8) is 0 Å². The molecule has 0 bridgehead atoms. The summed E-state index contributed by atoms with van der Waals surface area (Å²) in [6.07, 6.45) is 2.16. The van der Waals surface area contributed by atoms with Crippen LogP contribution in [0.1, 0.15) is 64.2 Å². The van der Waals surface area contributed by atoms with Gasteiger partial charge in [0.2, 0.25) is 0 Å². The molecule has 182 valence electrons. The average Bonchev–Trinajstić information content (AvgIpc) is 2.76. The summed E-state index contributed by atoms with van der Waals surface area (Å²) >= 11 is 0. The van der Waals surface area contributed by atoms with Crippen LogP contribution in [0.15, 0.2) is 24.3 Å². The first-order valence-corrected chi connectivity index (χ1v) is 11.8. The summed E-state index contributed by atoms with van der Waals surface area (Å²) in [6, 6.07) is 6.84. The van der Waals surface area contributed by atoms with Gasteiger partial charge in [-0.1, -0.05) is 0 Å². The second-order valence-electron chi connectivity index (χ2n) is 9.29. The van der Waals surface area contributed by atoms with Crippen LogP contribution in [0.3, 0.4) is 0 Å². The molecule has 1 aromatic carbocycles. The van der Waals surface area contributed by atoms with E-state index in [4.69, 9.17) is 14.2 Å². The van der Waals surface area contributed by atoms with Gasteiger partial charge in [-0.3, -0.25) is 9.59 Å². The molecule has 0 spiro atoms. The fourth-order valence-electron chi connectivity index (χ4n) is 4.71. The molecule has 2 heterocycles. The summed E-state index contributed by atoms with van der Waals surface area (Å²) in [5, 5.41) is 0. The molecule has 2 aliphatic rings. The number of carbonyl (C=O) groups is 3. The maximum atomic E-state index is 12.7. The van der Waals surface area contributed by atoms with Crippen LogP contribution in [0, 0.1) is 0 Å². The molecule has 2 aliphatic heterocycles. The highest BCUT2D eigenvalue weighted by Crippen LogP contribution is 2.23. The average molecular weight is 461 g/mol. The molecule has 2 amide bonds. The smallest absolute Gasteiger partial charge is 0.338 e. The molecule has 0 aliphatic carbocycles. The molecular formula is C25H36N2O6. The van der Waals surface area contributed by atoms with Gasteiger partial charge in [0.15, 0.2) is 12.7 Å². The van der Waals surface area contributed by atoms with Crippen LogP contribution in [0.25, 0.3) is 0 Å². The minimum Gasteiger partial charge on any atom is -0.484 e. The fraction of sp³-hybridized carbons (Fsp3) is 0.640. The summed E-state index contributed by atoms with van der Waals surface area (Å²) in [4.78, 5) is 41.4. The van der Waals surface area contributed by atoms with Crippen molar-refractivity contribution >= 4 is 17.8 Å². The molecule has 2 saturated heterocycles. The third-order valence-corrected chi connectivity index (χ3v) is 6.30. The monoisotopic (exact) mass is 460 g/mol. The summed E-state index contributed by atoms with van der Waals surface area (Å²) < 4.78 is 16.7. The highest BCUT2D eigenvalue weighted by Gasteiger charge is 2.31. The van der Waals surface area contributed by atoms with Crippen molar-refractivity contribution in [2.75, 3.05) is 19.7 Å². The van der Waals surface area contributed by atoms with Gasteiger partial charge < -0.3 is 24.0 Å². The topological polar surface area (TPSA) is 85.4 Å². The van der Waals surface area contributed by atoms with E-state index < -0.39 is 12.1 Å². The van der Waals surface area contributed by atoms with Gasteiger partial charge >= 0.3 is 5.97 Å². The van der Waals surface area contributed by atoms with Crippen molar-refractivity contribution in [2.45, 2.75) is 84.3 Å². The van der Waals surface area contributed by atoms with Gasteiger partial charge in [-0.25, -0.2) is 4.79 Å². The Hall–Kier alpha value is -2.61. The molecule has 1 aromatic rings.